The number of benzene rings is 2. The van der Waals surface area contributed by atoms with Crippen LogP contribution in [0.5, 0.6) is 0 Å². The Bertz CT molecular complexity index is 1700. The smallest absolute Gasteiger partial charge is 0.405 e. The second-order valence-corrected chi connectivity index (χ2v) is 11.2. The number of pyridine rings is 1. The number of hydrogen-bond acceptors (Lipinski definition) is 4. The molecule has 3 fully saturated rings. The summed E-state index contributed by atoms with van der Waals surface area (Å²) in [6.07, 6.45) is 0.450. The van der Waals surface area contributed by atoms with E-state index in [0.717, 1.165) is 29.6 Å². The van der Waals surface area contributed by atoms with Crippen molar-refractivity contribution in [1.29, 1.82) is 5.26 Å². The van der Waals surface area contributed by atoms with Gasteiger partial charge in [-0.15, -0.1) is 0 Å². The van der Waals surface area contributed by atoms with Crippen molar-refractivity contribution in [3.8, 4) is 17.2 Å². The molecule has 4 heterocycles. The van der Waals surface area contributed by atoms with Gasteiger partial charge in [0.05, 0.1) is 33.7 Å². The lowest BCUT2D eigenvalue weighted by molar-refractivity contribution is 0.188. The number of halogens is 3. The van der Waals surface area contributed by atoms with E-state index < -0.39 is 18.0 Å². The van der Waals surface area contributed by atoms with Crippen LogP contribution in [0.2, 0.25) is 10.0 Å². The van der Waals surface area contributed by atoms with Gasteiger partial charge >= 0.3 is 6.09 Å². The largest absolute Gasteiger partial charge is 0.465 e. The molecule has 200 valence electrons. The summed E-state index contributed by atoms with van der Waals surface area (Å²) >= 11 is 12.8. The topological polar surface area (TPSA) is 103 Å². The van der Waals surface area contributed by atoms with Gasteiger partial charge in [-0.2, -0.15) is 5.26 Å². The zero-order valence-electron chi connectivity index (χ0n) is 21.4. The molecular weight excluding hydrogens is 540 g/mol. The van der Waals surface area contributed by atoms with Crippen LogP contribution in [0.1, 0.15) is 48.8 Å². The van der Waals surface area contributed by atoms with Crippen molar-refractivity contribution in [2.45, 2.75) is 51.2 Å². The summed E-state index contributed by atoms with van der Waals surface area (Å²) in [5, 5.41) is 27.0. The van der Waals surface area contributed by atoms with Crippen LogP contribution in [0.25, 0.3) is 32.9 Å². The Morgan fingerprint density at radius 1 is 1.36 bits per heavy atom. The van der Waals surface area contributed by atoms with E-state index in [4.69, 9.17) is 28.2 Å². The molecule has 7 nitrogen and oxygen atoms in total. The average molecular weight is 566 g/mol. The number of rotatable bonds is 6. The highest BCUT2D eigenvalue weighted by atomic mass is 35.5. The van der Waals surface area contributed by atoms with E-state index in [0.29, 0.717) is 45.1 Å². The normalized spacial score (nSPS) is 20.7. The number of aryl methyl sites for hydroxylation is 2. The molecular formula is C29H26Cl2FN5O2. The quantitative estimate of drug-likeness (QED) is 0.235. The molecule has 39 heavy (non-hydrogen) atoms. The van der Waals surface area contributed by atoms with Crippen molar-refractivity contribution in [2.75, 3.05) is 6.54 Å². The lowest BCUT2D eigenvalue weighted by Gasteiger charge is -2.38. The fourth-order valence-corrected chi connectivity index (χ4v) is 6.83. The fourth-order valence-electron chi connectivity index (χ4n) is 6.43. The van der Waals surface area contributed by atoms with Crippen molar-refractivity contribution >= 4 is 51.1 Å². The van der Waals surface area contributed by atoms with Crippen LogP contribution in [0.4, 0.5) is 9.18 Å². The summed E-state index contributed by atoms with van der Waals surface area (Å²) in [6.45, 7) is 4.54. The number of nitriles is 1. The van der Waals surface area contributed by atoms with Gasteiger partial charge in [0.2, 0.25) is 0 Å². The van der Waals surface area contributed by atoms with Gasteiger partial charge in [0.15, 0.2) is 5.82 Å². The molecule has 3 N–H and O–H groups in total. The van der Waals surface area contributed by atoms with Crippen molar-refractivity contribution in [3.63, 3.8) is 0 Å². The maximum absolute atomic E-state index is 16.6. The van der Waals surface area contributed by atoms with Gasteiger partial charge in [0, 0.05) is 52.3 Å². The molecule has 1 unspecified atom stereocenters. The molecule has 3 aliphatic rings. The third-order valence-corrected chi connectivity index (χ3v) is 9.03. The van der Waals surface area contributed by atoms with Gasteiger partial charge in [-0.1, -0.05) is 35.3 Å². The number of hydrogen-bond donors (Lipinski definition) is 3. The summed E-state index contributed by atoms with van der Waals surface area (Å²) in [5.74, 6) is -0.118. The third-order valence-electron chi connectivity index (χ3n) is 8.22. The molecule has 7 rings (SSSR count). The summed E-state index contributed by atoms with van der Waals surface area (Å²) in [5.41, 5.74) is 3.87. The first kappa shape index (κ1) is 25.9. The SMILES string of the molecule is Cc1nc2c(F)c(-c3cccc(Cl)c3Cl)c(CCC#N)cc2c2c1cc(C(C)NC(=O)O)n2[C@H]1[C@H]2CN[C@@H]1C2. The number of carbonyl (C=O) groups is 1. The van der Waals surface area contributed by atoms with Crippen LogP contribution in [-0.2, 0) is 6.42 Å². The minimum atomic E-state index is -1.11. The van der Waals surface area contributed by atoms with E-state index in [1.807, 2.05) is 26.0 Å². The molecule has 2 aromatic carbocycles. The van der Waals surface area contributed by atoms with E-state index >= 15 is 4.39 Å². The van der Waals surface area contributed by atoms with Crippen LogP contribution in [0, 0.1) is 30.0 Å². The molecule has 1 aliphatic carbocycles. The second-order valence-electron chi connectivity index (χ2n) is 10.5. The molecule has 1 saturated carbocycles. The molecule has 2 bridgehead atoms. The van der Waals surface area contributed by atoms with Crippen molar-refractivity contribution in [1.82, 2.24) is 20.2 Å². The highest BCUT2D eigenvalue weighted by Gasteiger charge is 2.49. The van der Waals surface area contributed by atoms with E-state index in [2.05, 4.69) is 21.3 Å². The van der Waals surface area contributed by atoms with Crippen molar-refractivity contribution < 1.29 is 14.3 Å². The third kappa shape index (κ3) is 4.03. The molecule has 1 amide bonds. The van der Waals surface area contributed by atoms with Gasteiger partial charge in [0.25, 0.3) is 0 Å². The van der Waals surface area contributed by atoms with Crippen LogP contribution < -0.4 is 10.6 Å². The Hall–Kier alpha value is -3.38. The average Bonchev–Trinajstić information content (AvgIpc) is 3.61. The molecule has 4 aromatic rings. The van der Waals surface area contributed by atoms with Gasteiger partial charge in [0.1, 0.15) is 5.52 Å². The van der Waals surface area contributed by atoms with Gasteiger partial charge in [-0.25, -0.2) is 14.2 Å². The highest BCUT2D eigenvalue weighted by molar-refractivity contribution is 6.43. The number of fused-ring (bicyclic) bond motifs is 4. The molecule has 2 aromatic heterocycles. The molecule has 0 radical (unpaired) electrons. The number of nitrogens with one attached hydrogen (secondary N) is 2. The van der Waals surface area contributed by atoms with E-state index in [1.165, 1.54) is 0 Å². The highest BCUT2D eigenvalue weighted by Crippen LogP contribution is 2.49. The molecule has 0 spiro atoms. The monoisotopic (exact) mass is 565 g/mol. The Morgan fingerprint density at radius 3 is 2.82 bits per heavy atom. The van der Waals surface area contributed by atoms with Crippen LogP contribution >= 0.6 is 23.2 Å². The summed E-state index contributed by atoms with van der Waals surface area (Å²) in [7, 11) is 0. The first-order valence-corrected chi connectivity index (χ1v) is 13.7. The van der Waals surface area contributed by atoms with Crippen molar-refractivity contribution in [2.24, 2.45) is 5.92 Å². The number of carboxylic acid groups (broad SMARTS) is 1. The molecule has 10 heteroatoms. The summed E-state index contributed by atoms with van der Waals surface area (Å²) in [6, 6.07) is 11.0. The van der Waals surface area contributed by atoms with Crippen LogP contribution in [0.3, 0.4) is 0 Å². The number of aromatic nitrogens is 2. The molecule has 2 saturated heterocycles. The number of amides is 1. The van der Waals surface area contributed by atoms with Crippen LogP contribution in [0.15, 0.2) is 30.3 Å². The standard InChI is InChI=1S/C29H26Cl2FN5O2/c1-13-18-11-22(14(2)36-29(38)39)37(27-16-10-21(27)34-12-16)28(18)19-9-15(5-4-8-33)23(25(32)26(19)35-13)17-6-3-7-20(30)24(17)31/h3,6-7,9,11,14,16,21,27,34,36H,4-5,10,12H2,1-2H3,(H,38,39)/t14?,16-,21-,27+/m1/s1. The Balaban J connectivity index is 1.70. The zero-order chi connectivity index (χ0) is 27.6. The van der Waals surface area contributed by atoms with Gasteiger partial charge < -0.3 is 20.3 Å². The minimum absolute atomic E-state index is 0.119. The van der Waals surface area contributed by atoms with Gasteiger partial charge in [-0.3, -0.25) is 0 Å². The summed E-state index contributed by atoms with van der Waals surface area (Å²) in [4.78, 5) is 16.3. The minimum Gasteiger partial charge on any atom is -0.465 e. The van der Waals surface area contributed by atoms with E-state index in [1.54, 1.807) is 18.2 Å². The lowest BCUT2D eigenvalue weighted by Crippen LogP contribution is -2.40. The predicted molar refractivity (Wildman–Crippen MR) is 150 cm³/mol. The molecule has 2 aliphatic heterocycles. The molecule has 4 atom stereocenters. The second kappa shape index (κ2) is 9.67. The Kier molecular flexibility index (Phi) is 6.41. The Morgan fingerprint density at radius 2 is 2.15 bits per heavy atom. The first-order chi connectivity index (χ1) is 18.7. The Labute approximate surface area is 234 Å². The number of nitrogens with zero attached hydrogens (tertiary/aromatic N) is 3. The van der Waals surface area contributed by atoms with Crippen LogP contribution in [-0.4, -0.2) is 33.3 Å². The van der Waals surface area contributed by atoms with E-state index in [-0.39, 0.29) is 29.0 Å². The maximum atomic E-state index is 16.6. The first-order valence-electron chi connectivity index (χ1n) is 12.9. The van der Waals surface area contributed by atoms with E-state index in [9.17, 15) is 15.2 Å². The summed E-state index contributed by atoms with van der Waals surface area (Å²) < 4.78 is 18.8. The lowest BCUT2D eigenvalue weighted by atomic mass is 9.79. The maximum Gasteiger partial charge on any atom is 0.405 e. The zero-order valence-corrected chi connectivity index (χ0v) is 22.9. The van der Waals surface area contributed by atoms with Crippen molar-refractivity contribution in [3.05, 3.63) is 63.1 Å². The van der Waals surface area contributed by atoms with Gasteiger partial charge in [-0.05, 0) is 56.4 Å². The predicted octanol–water partition coefficient (Wildman–Crippen LogP) is 6.93. The fraction of sp³-hybridized carbons (Fsp3) is 0.345.